The Labute approximate surface area is 141 Å². The molecule has 0 amide bonds. The van der Waals surface area contributed by atoms with Crippen LogP contribution in [0.1, 0.15) is 11.1 Å². The smallest absolute Gasteiger partial charge is 0.175 e. The molecule has 20 heavy (non-hydrogen) atoms. The van der Waals surface area contributed by atoms with E-state index in [1.165, 1.54) is 11.1 Å². The Bertz CT molecular complexity index is 656. The van der Waals surface area contributed by atoms with Crippen molar-refractivity contribution in [2.75, 3.05) is 10.6 Å². The minimum Gasteiger partial charge on any atom is -0.332 e. The van der Waals surface area contributed by atoms with Crippen molar-refractivity contribution in [2.24, 2.45) is 0 Å². The first-order valence-electron chi connectivity index (χ1n) is 6.06. The lowest BCUT2D eigenvalue weighted by Gasteiger charge is -2.14. The number of anilines is 2. The Hall–Kier alpha value is -0.910. The van der Waals surface area contributed by atoms with E-state index in [9.17, 15) is 0 Å². The lowest BCUT2D eigenvalue weighted by Crippen LogP contribution is -2.20. The highest BCUT2D eigenvalue weighted by atomic mass is 79.9. The minimum absolute atomic E-state index is 0.571. The molecule has 0 heterocycles. The van der Waals surface area contributed by atoms with Gasteiger partial charge in [-0.25, -0.2) is 0 Å². The van der Waals surface area contributed by atoms with E-state index in [2.05, 4.69) is 62.4 Å². The van der Waals surface area contributed by atoms with Gasteiger partial charge in [-0.1, -0.05) is 28.1 Å². The van der Waals surface area contributed by atoms with Crippen LogP contribution in [0.15, 0.2) is 45.3 Å². The molecule has 0 saturated carbocycles. The number of hydrogen-bond donors (Lipinski definition) is 2. The highest BCUT2D eigenvalue weighted by molar-refractivity contribution is 9.11. The zero-order valence-corrected chi connectivity index (χ0v) is 15.1. The maximum absolute atomic E-state index is 5.36. The highest BCUT2D eigenvalue weighted by Crippen LogP contribution is 2.26. The number of rotatable bonds is 2. The SMILES string of the molecule is Cc1cccc(NC(=S)Nc2ccc(Br)cc2Br)c1C. The quantitative estimate of drug-likeness (QED) is 0.623. The van der Waals surface area contributed by atoms with Gasteiger partial charge in [-0.2, -0.15) is 0 Å². The van der Waals surface area contributed by atoms with E-state index in [1.807, 2.05) is 30.3 Å². The molecular weight excluding hydrogens is 400 g/mol. The van der Waals surface area contributed by atoms with Gasteiger partial charge in [-0.15, -0.1) is 0 Å². The zero-order valence-electron chi connectivity index (χ0n) is 11.1. The molecule has 0 aliphatic rings. The van der Waals surface area contributed by atoms with Gasteiger partial charge in [-0.3, -0.25) is 0 Å². The largest absolute Gasteiger partial charge is 0.332 e. The molecule has 0 aromatic heterocycles. The summed E-state index contributed by atoms with van der Waals surface area (Å²) in [5.74, 6) is 0. The summed E-state index contributed by atoms with van der Waals surface area (Å²) in [4.78, 5) is 0. The summed E-state index contributed by atoms with van der Waals surface area (Å²) >= 11 is 12.3. The number of nitrogens with one attached hydrogen (secondary N) is 2. The van der Waals surface area contributed by atoms with Gasteiger partial charge in [-0.05, 0) is 77.4 Å². The Morgan fingerprint density at radius 3 is 2.40 bits per heavy atom. The zero-order chi connectivity index (χ0) is 14.7. The van der Waals surface area contributed by atoms with Crippen molar-refractivity contribution in [3.05, 3.63) is 56.5 Å². The van der Waals surface area contributed by atoms with Crippen molar-refractivity contribution in [3.63, 3.8) is 0 Å². The number of aryl methyl sites for hydroxylation is 1. The summed E-state index contributed by atoms with van der Waals surface area (Å²) < 4.78 is 1.97. The molecule has 5 heteroatoms. The van der Waals surface area contributed by atoms with Crippen LogP contribution in [-0.2, 0) is 0 Å². The molecule has 0 bridgehead atoms. The second-order valence-electron chi connectivity index (χ2n) is 4.45. The van der Waals surface area contributed by atoms with Crippen LogP contribution in [0.2, 0.25) is 0 Å². The van der Waals surface area contributed by atoms with Crippen molar-refractivity contribution in [2.45, 2.75) is 13.8 Å². The Balaban J connectivity index is 2.11. The lowest BCUT2D eigenvalue weighted by atomic mass is 10.1. The van der Waals surface area contributed by atoms with Crippen molar-refractivity contribution in [1.29, 1.82) is 0 Å². The van der Waals surface area contributed by atoms with E-state index in [4.69, 9.17) is 12.2 Å². The monoisotopic (exact) mass is 412 g/mol. The first-order chi connectivity index (χ1) is 9.47. The molecule has 2 aromatic carbocycles. The van der Waals surface area contributed by atoms with E-state index >= 15 is 0 Å². The van der Waals surface area contributed by atoms with Crippen LogP contribution in [0.3, 0.4) is 0 Å². The van der Waals surface area contributed by atoms with E-state index < -0.39 is 0 Å². The number of hydrogen-bond acceptors (Lipinski definition) is 1. The maximum Gasteiger partial charge on any atom is 0.175 e. The van der Waals surface area contributed by atoms with Crippen LogP contribution in [0.4, 0.5) is 11.4 Å². The molecule has 2 rings (SSSR count). The van der Waals surface area contributed by atoms with Gasteiger partial charge in [0, 0.05) is 14.6 Å². The van der Waals surface area contributed by atoms with Gasteiger partial charge >= 0.3 is 0 Å². The molecule has 0 fully saturated rings. The first-order valence-corrected chi connectivity index (χ1v) is 8.06. The van der Waals surface area contributed by atoms with Crippen molar-refractivity contribution < 1.29 is 0 Å². The number of thiocarbonyl (C=S) groups is 1. The third-order valence-electron chi connectivity index (χ3n) is 3.03. The van der Waals surface area contributed by atoms with Gasteiger partial charge in [0.25, 0.3) is 0 Å². The highest BCUT2D eigenvalue weighted by Gasteiger charge is 2.05. The molecule has 0 unspecified atom stereocenters. The summed E-state index contributed by atoms with van der Waals surface area (Å²) in [5.41, 5.74) is 4.39. The molecule has 0 saturated heterocycles. The molecule has 0 aliphatic carbocycles. The van der Waals surface area contributed by atoms with Crippen molar-refractivity contribution >= 4 is 60.6 Å². The van der Waals surface area contributed by atoms with Crippen molar-refractivity contribution in [3.8, 4) is 0 Å². The number of halogens is 2. The summed E-state index contributed by atoms with van der Waals surface area (Å²) in [7, 11) is 0. The molecular formula is C15H14Br2N2S. The molecule has 2 N–H and O–H groups in total. The normalized spacial score (nSPS) is 10.2. The average molecular weight is 414 g/mol. The second-order valence-corrected chi connectivity index (χ2v) is 6.63. The Morgan fingerprint density at radius 1 is 1.00 bits per heavy atom. The second kappa shape index (κ2) is 6.70. The van der Waals surface area contributed by atoms with Crippen LogP contribution in [0.5, 0.6) is 0 Å². The predicted molar refractivity (Wildman–Crippen MR) is 97.6 cm³/mol. The third-order valence-corrected chi connectivity index (χ3v) is 4.39. The van der Waals surface area contributed by atoms with Crippen LogP contribution in [0.25, 0.3) is 0 Å². The van der Waals surface area contributed by atoms with Crippen LogP contribution < -0.4 is 10.6 Å². The van der Waals surface area contributed by atoms with Crippen molar-refractivity contribution in [1.82, 2.24) is 0 Å². The van der Waals surface area contributed by atoms with Crippen LogP contribution >= 0.6 is 44.1 Å². The minimum atomic E-state index is 0.571. The summed E-state index contributed by atoms with van der Waals surface area (Å²) in [5, 5.41) is 6.99. The van der Waals surface area contributed by atoms with Gasteiger partial charge in [0.15, 0.2) is 5.11 Å². The lowest BCUT2D eigenvalue weighted by molar-refractivity contribution is 1.34. The number of benzene rings is 2. The summed E-state index contributed by atoms with van der Waals surface area (Å²) in [6, 6.07) is 12.0. The van der Waals surface area contributed by atoms with E-state index in [0.717, 1.165) is 20.3 Å². The van der Waals surface area contributed by atoms with Crippen LogP contribution in [0, 0.1) is 13.8 Å². The topological polar surface area (TPSA) is 24.1 Å². The molecule has 2 aromatic rings. The fraction of sp³-hybridized carbons (Fsp3) is 0.133. The maximum atomic E-state index is 5.36. The fourth-order valence-corrected chi connectivity index (χ4v) is 3.12. The molecule has 2 nitrogen and oxygen atoms in total. The Morgan fingerprint density at radius 2 is 1.70 bits per heavy atom. The molecule has 104 valence electrons. The average Bonchev–Trinajstić information content (AvgIpc) is 2.38. The van der Waals surface area contributed by atoms with Crippen LogP contribution in [-0.4, -0.2) is 5.11 Å². The van der Waals surface area contributed by atoms with E-state index in [1.54, 1.807) is 0 Å². The van der Waals surface area contributed by atoms with Gasteiger partial charge in [0.05, 0.1) is 5.69 Å². The molecule has 0 spiro atoms. The van der Waals surface area contributed by atoms with E-state index in [-0.39, 0.29) is 0 Å². The predicted octanol–water partition coefficient (Wildman–Crippen LogP) is 5.64. The Kier molecular flexibility index (Phi) is 5.18. The van der Waals surface area contributed by atoms with Gasteiger partial charge in [0.1, 0.15) is 0 Å². The first kappa shape index (κ1) is 15.5. The fourth-order valence-electron chi connectivity index (χ4n) is 1.75. The molecule has 0 aliphatic heterocycles. The van der Waals surface area contributed by atoms with Gasteiger partial charge < -0.3 is 10.6 Å². The molecule has 0 radical (unpaired) electrons. The summed E-state index contributed by atoms with van der Waals surface area (Å²) in [6.45, 7) is 4.16. The standard InChI is InChI=1S/C15H14Br2N2S/c1-9-4-3-5-13(10(9)2)18-15(20)19-14-7-6-11(16)8-12(14)17/h3-8H,1-2H3,(H2,18,19,20). The molecule has 0 atom stereocenters. The third kappa shape index (κ3) is 3.81. The van der Waals surface area contributed by atoms with E-state index in [0.29, 0.717) is 5.11 Å². The van der Waals surface area contributed by atoms with Gasteiger partial charge in [0.2, 0.25) is 0 Å². The summed E-state index contributed by atoms with van der Waals surface area (Å²) in [6.07, 6.45) is 0.